The lowest BCUT2D eigenvalue weighted by Gasteiger charge is -2.31. The SMILES string of the molecule is CC1(C)c2ccccc2-c2cc3c(Nc4ccccc4)c4ccccc4c(N(c4ccccc4)c4cccc5cccnc45)c3cc21. The molecule has 0 atom stereocenters. The lowest BCUT2D eigenvalue weighted by Crippen LogP contribution is -2.16. The van der Waals surface area contributed by atoms with E-state index in [4.69, 9.17) is 4.98 Å². The molecule has 0 unspecified atom stereocenters. The van der Waals surface area contributed by atoms with E-state index in [0.717, 1.165) is 39.3 Å². The van der Waals surface area contributed by atoms with Crippen molar-refractivity contribution >= 4 is 60.9 Å². The Kier molecular flexibility index (Phi) is 6.16. The number of anilines is 5. The second kappa shape index (κ2) is 10.6. The normalized spacial score (nSPS) is 13.1. The molecule has 8 aromatic rings. The first-order valence-corrected chi connectivity index (χ1v) is 16.2. The van der Waals surface area contributed by atoms with Gasteiger partial charge in [0.25, 0.3) is 0 Å². The van der Waals surface area contributed by atoms with Gasteiger partial charge in [-0.25, -0.2) is 0 Å². The van der Waals surface area contributed by atoms with Crippen LogP contribution in [0.2, 0.25) is 0 Å². The van der Waals surface area contributed by atoms with Crippen LogP contribution in [0.25, 0.3) is 43.6 Å². The molecule has 1 N–H and O–H groups in total. The van der Waals surface area contributed by atoms with E-state index in [9.17, 15) is 0 Å². The highest BCUT2D eigenvalue weighted by atomic mass is 15.2. The summed E-state index contributed by atoms with van der Waals surface area (Å²) in [7, 11) is 0. The summed E-state index contributed by atoms with van der Waals surface area (Å²) in [5.41, 5.74) is 11.6. The summed E-state index contributed by atoms with van der Waals surface area (Å²) in [4.78, 5) is 7.36. The van der Waals surface area contributed by atoms with E-state index in [0.29, 0.717) is 0 Å². The molecular formula is C44H33N3. The highest BCUT2D eigenvalue weighted by Crippen LogP contribution is 2.54. The molecule has 224 valence electrons. The van der Waals surface area contributed by atoms with Crippen molar-refractivity contribution in [2.45, 2.75) is 19.3 Å². The Morgan fingerprint density at radius 3 is 2.09 bits per heavy atom. The molecule has 7 aromatic carbocycles. The van der Waals surface area contributed by atoms with Crippen molar-refractivity contribution in [3.05, 3.63) is 169 Å². The number of nitrogens with one attached hydrogen (secondary N) is 1. The first kappa shape index (κ1) is 27.4. The molecule has 0 saturated heterocycles. The summed E-state index contributed by atoms with van der Waals surface area (Å²) < 4.78 is 0. The van der Waals surface area contributed by atoms with Gasteiger partial charge in [0.05, 0.1) is 22.6 Å². The first-order valence-electron chi connectivity index (χ1n) is 16.2. The molecule has 9 rings (SSSR count). The number of fused-ring (bicyclic) bond motifs is 6. The van der Waals surface area contributed by atoms with Gasteiger partial charge < -0.3 is 10.2 Å². The Hall–Kier alpha value is -5.93. The lowest BCUT2D eigenvalue weighted by molar-refractivity contribution is 0.661. The number of hydrogen-bond donors (Lipinski definition) is 1. The van der Waals surface area contributed by atoms with Crippen molar-refractivity contribution in [3.8, 4) is 11.1 Å². The van der Waals surface area contributed by atoms with Crippen molar-refractivity contribution < 1.29 is 0 Å². The average molecular weight is 604 g/mol. The third-order valence-electron chi connectivity index (χ3n) is 9.83. The van der Waals surface area contributed by atoms with E-state index in [1.165, 1.54) is 43.8 Å². The third kappa shape index (κ3) is 4.24. The lowest BCUT2D eigenvalue weighted by atomic mass is 9.81. The minimum absolute atomic E-state index is 0.144. The van der Waals surface area contributed by atoms with Gasteiger partial charge in [0.1, 0.15) is 0 Å². The second-order valence-electron chi connectivity index (χ2n) is 12.9. The number of pyridine rings is 1. The highest BCUT2D eigenvalue weighted by Gasteiger charge is 2.36. The van der Waals surface area contributed by atoms with Crippen LogP contribution in [-0.4, -0.2) is 4.98 Å². The van der Waals surface area contributed by atoms with Crippen LogP contribution in [0.1, 0.15) is 25.0 Å². The molecule has 1 aliphatic carbocycles. The summed E-state index contributed by atoms with van der Waals surface area (Å²) in [6.07, 6.45) is 1.89. The second-order valence-corrected chi connectivity index (χ2v) is 12.9. The van der Waals surface area contributed by atoms with Crippen molar-refractivity contribution in [2.75, 3.05) is 10.2 Å². The summed E-state index contributed by atoms with van der Waals surface area (Å²) in [6.45, 7) is 4.72. The van der Waals surface area contributed by atoms with E-state index >= 15 is 0 Å². The number of nitrogens with zero attached hydrogens (tertiary/aromatic N) is 2. The minimum atomic E-state index is -0.144. The van der Waals surface area contributed by atoms with Gasteiger partial charge in [-0.2, -0.15) is 0 Å². The zero-order chi connectivity index (χ0) is 31.5. The van der Waals surface area contributed by atoms with Crippen molar-refractivity contribution in [3.63, 3.8) is 0 Å². The standard InChI is InChI=1S/C44H33N3/c1-44(2)38-24-12-11-21-32(38)35-27-36-37(28-39(35)44)43(34-23-10-9-22-33(34)42(36)46-30-17-5-3-6-18-30)47(31-19-7-4-8-20-31)40-25-13-15-29-16-14-26-45-41(29)40/h3-28,46H,1-2H3. The van der Waals surface area contributed by atoms with E-state index in [2.05, 4.69) is 170 Å². The Balaban J connectivity index is 1.46. The van der Waals surface area contributed by atoms with Gasteiger partial charge in [0.15, 0.2) is 0 Å². The number of rotatable bonds is 5. The Labute approximate surface area is 274 Å². The van der Waals surface area contributed by atoms with Crippen LogP contribution in [0.15, 0.2) is 158 Å². The molecule has 0 fully saturated rings. The molecule has 0 aliphatic heterocycles. The van der Waals surface area contributed by atoms with Gasteiger partial charge >= 0.3 is 0 Å². The van der Waals surface area contributed by atoms with Crippen LogP contribution in [-0.2, 0) is 5.41 Å². The quantitative estimate of drug-likeness (QED) is 0.157. The van der Waals surface area contributed by atoms with Crippen molar-refractivity contribution in [1.29, 1.82) is 0 Å². The number of benzene rings is 7. The smallest absolute Gasteiger partial charge is 0.0942 e. The Morgan fingerprint density at radius 2 is 1.26 bits per heavy atom. The number of aromatic nitrogens is 1. The van der Waals surface area contributed by atoms with Crippen molar-refractivity contribution in [2.24, 2.45) is 0 Å². The summed E-state index contributed by atoms with van der Waals surface area (Å²) in [5.74, 6) is 0. The first-order chi connectivity index (χ1) is 23.1. The molecule has 1 aromatic heterocycles. The highest BCUT2D eigenvalue weighted by molar-refractivity contribution is 6.23. The zero-order valence-corrected chi connectivity index (χ0v) is 26.4. The maximum atomic E-state index is 4.94. The van der Waals surface area contributed by atoms with E-state index in [-0.39, 0.29) is 5.41 Å². The molecular weight excluding hydrogens is 571 g/mol. The molecule has 1 aliphatic rings. The summed E-state index contributed by atoms with van der Waals surface area (Å²) in [6, 6.07) is 54.5. The van der Waals surface area contributed by atoms with Crippen molar-refractivity contribution in [1.82, 2.24) is 4.98 Å². The van der Waals surface area contributed by atoms with Crippen LogP contribution in [0.3, 0.4) is 0 Å². The summed E-state index contributed by atoms with van der Waals surface area (Å²) >= 11 is 0. The molecule has 3 nitrogen and oxygen atoms in total. The molecule has 0 spiro atoms. The fourth-order valence-electron chi connectivity index (χ4n) is 7.62. The largest absolute Gasteiger partial charge is 0.355 e. The van der Waals surface area contributed by atoms with E-state index in [1.807, 2.05) is 12.3 Å². The fraction of sp³-hybridized carbons (Fsp3) is 0.0682. The molecule has 0 saturated carbocycles. The van der Waals surface area contributed by atoms with Gasteiger partial charge in [-0.1, -0.05) is 117 Å². The van der Waals surface area contributed by atoms with Crippen LogP contribution in [0.4, 0.5) is 28.4 Å². The average Bonchev–Trinajstić information content (AvgIpc) is 3.35. The van der Waals surface area contributed by atoms with Gasteiger partial charge in [-0.15, -0.1) is 0 Å². The Bertz CT molecular complexity index is 2460. The number of para-hydroxylation sites is 3. The van der Waals surface area contributed by atoms with Gasteiger partial charge in [-0.3, -0.25) is 4.98 Å². The molecule has 0 bridgehead atoms. The fourth-order valence-corrected chi connectivity index (χ4v) is 7.62. The van der Waals surface area contributed by atoms with Crippen LogP contribution in [0, 0.1) is 0 Å². The third-order valence-corrected chi connectivity index (χ3v) is 9.83. The Morgan fingerprint density at radius 1 is 0.553 bits per heavy atom. The maximum Gasteiger partial charge on any atom is 0.0942 e. The minimum Gasteiger partial charge on any atom is -0.355 e. The predicted molar refractivity (Wildman–Crippen MR) is 199 cm³/mol. The van der Waals surface area contributed by atoms with Gasteiger partial charge in [0, 0.05) is 49.9 Å². The van der Waals surface area contributed by atoms with Crippen LogP contribution >= 0.6 is 0 Å². The number of hydrogen-bond acceptors (Lipinski definition) is 3. The molecule has 47 heavy (non-hydrogen) atoms. The summed E-state index contributed by atoms with van der Waals surface area (Å²) in [5, 5.41) is 9.69. The van der Waals surface area contributed by atoms with E-state index < -0.39 is 0 Å². The monoisotopic (exact) mass is 603 g/mol. The van der Waals surface area contributed by atoms with Gasteiger partial charge in [-0.05, 0) is 70.8 Å². The van der Waals surface area contributed by atoms with Gasteiger partial charge in [0.2, 0.25) is 0 Å². The zero-order valence-electron chi connectivity index (χ0n) is 26.4. The predicted octanol–water partition coefficient (Wildman–Crippen LogP) is 12.1. The molecule has 0 amide bonds. The topological polar surface area (TPSA) is 28.2 Å². The van der Waals surface area contributed by atoms with E-state index in [1.54, 1.807) is 0 Å². The van der Waals surface area contributed by atoms with Crippen LogP contribution in [0.5, 0.6) is 0 Å². The molecule has 1 heterocycles. The molecule has 3 heteroatoms. The maximum absolute atomic E-state index is 4.94. The molecule has 0 radical (unpaired) electrons. The van der Waals surface area contributed by atoms with Crippen LogP contribution < -0.4 is 10.2 Å².